The molecular formula is C44H22Cl10N4Ru. The van der Waals surface area contributed by atoms with E-state index in [4.69, 9.17) is 103 Å². The van der Waals surface area contributed by atoms with Crippen LogP contribution in [0.25, 0.3) is 90.9 Å². The van der Waals surface area contributed by atoms with Crippen LogP contribution >= 0.6 is 92.8 Å². The second kappa shape index (κ2) is 18.5. The molecule has 2 aliphatic heterocycles. The number of aromatic nitrogens is 4. The van der Waals surface area contributed by atoms with E-state index in [2.05, 4.69) is 9.97 Å². The quantitative estimate of drug-likeness (QED) is 0.173. The molecule has 0 aliphatic carbocycles. The van der Waals surface area contributed by atoms with Gasteiger partial charge >= 0.3 is 19.5 Å². The monoisotopic (exact) mass is 1060 g/mol. The molecule has 8 bridgehead atoms. The summed E-state index contributed by atoms with van der Waals surface area (Å²) >= 11 is 55.6. The fourth-order valence-electron chi connectivity index (χ4n) is 7.20. The van der Waals surface area contributed by atoms with E-state index in [0.717, 1.165) is 0 Å². The standard InChI is InChI=1S/C44H22Cl8N4.2ClH.Ru/c45-21-5-1-6-22(46)37(21)41-29-13-15-31(53-29)42(38-23(47)7-2-8-24(38)48)33-17-19-35(55-33)44(40-27(51)11-4-12-28(40)52)36-20-18-34(56-36)43(32-16-14-30(41)54-32)39-25(49)9-3-10-26(39)50;;;/h1-20,53,56H;2*1H;/q;;;+2/p-2. The van der Waals surface area contributed by atoms with E-state index in [1.807, 2.05) is 48.6 Å². The molecule has 9 rings (SSSR count). The Morgan fingerprint density at radius 3 is 0.661 bits per heavy atom. The molecule has 3 aromatic heterocycles. The summed E-state index contributed by atoms with van der Waals surface area (Å²) < 4.78 is 0. The number of nitrogens with one attached hydrogen (secondary N) is 2. The third-order valence-electron chi connectivity index (χ3n) is 9.60. The minimum Gasteiger partial charge on any atom is -1.00 e. The molecule has 0 fully saturated rings. The first-order valence-corrected chi connectivity index (χ1v) is 20.0. The second-order valence-corrected chi connectivity index (χ2v) is 16.1. The van der Waals surface area contributed by atoms with Gasteiger partial charge in [0, 0.05) is 66.6 Å². The summed E-state index contributed by atoms with van der Waals surface area (Å²) in [6.07, 6.45) is 7.66. The largest absolute Gasteiger partial charge is 2.00 e. The molecule has 296 valence electrons. The maximum atomic E-state index is 6.95. The van der Waals surface area contributed by atoms with Gasteiger partial charge in [-0.25, -0.2) is 9.97 Å². The summed E-state index contributed by atoms with van der Waals surface area (Å²) in [6, 6.07) is 29.3. The van der Waals surface area contributed by atoms with Crippen molar-refractivity contribution in [1.82, 2.24) is 19.9 Å². The Hall–Kier alpha value is -3.00. The molecule has 0 amide bonds. The van der Waals surface area contributed by atoms with E-state index in [1.54, 1.807) is 72.8 Å². The average molecular weight is 1060 g/mol. The molecule has 0 atom stereocenters. The van der Waals surface area contributed by atoms with E-state index in [9.17, 15) is 0 Å². The molecule has 59 heavy (non-hydrogen) atoms. The van der Waals surface area contributed by atoms with Crippen LogP contribution in [0.1, 0.15) is 22.8 Å². The number of rotatable bonds is 4. The van der Waals surface area contributed by atoms with Crippen molar-refractivity contribution in [3.05, 3.63) is 160 Å². The number of nitrogens with zero attached hydrogens (tertiary/aromatic N) is 2. The van der Waals surface area contributed by atoms with Crippen LogP contribution in [0.15, 0.2) is 97.1 Å². The van der Waals surface area contributed by atoms with Gasteiger partial charge in [0.2, 0.25) is 0 Å². The van der Waals surface area contributed by atoms with Crippen molar-refractivity contribution in [1.29, 1.82) is 0 Å². The third kappa shape index (κ3) is 8.23. The van der Waals surface area contributed by atoms with Crippen LogP contribution in [0.4, 0.5) is 0 Å². The molecule has 2 N–H and O–H groups in total. The number of halogens is 10. The Morgan fingerprint density at radius 2 is 0.475 bits per heavy atom. The zero-order chi connectivity index (χ0) is 38.8. The average Bonchev–Trinajstić information content (AvgIpc) is 4.00. The molecule has 0 radical (unpaired) electrons. The summed E-state index contributed by atoms with van der Waals surface area (Å²) in [5.41, 5.74) is 10.1. The summed E-state index contributed by atoms with van der Waals surface area (Å²) in [5, 5.41) is 3.53. The molecule has 4 nitrogen and oxygen atoms in total. The maximum Gasteiger partial charge on any atom is 2.00 e. The summed E-state index contributed by atoms with van der Waals surface area (Å²) in [4.78, 5) is 17.8. The zero-order valence-electron chi connectivity index (χ0n) is 29.6. The summed E-state index contributed by atoms with van der Waals surface area (Å²) in [6.45, 7) is 0. The molecular weight excluding hydrogens is 1040 g/mol. The number of benzene rings is 4. The number of fused-ring (bicyclic) bond motifs is 8. The third-order valence-corrected chi connectivity index (χ3v) is 12.1. The van der Waals surface area contributed by atoms with Gasteiger partial charge in [0.1, 0.15) is 0 Å². The van der Waals surface area contributed by atoms with E-state index >= 15 is 0 Å². The molecule has 0 unspecified atom stereocenters. The maximum absolute atomic E-state index is 6.95. The van der Waals surface area contributed by atoms with Crippen LogP contribution < -0.4 is 24.8 Å². The summed E-state index contributed by atoms with van der Waals surface area (Å²) in [5.74, 6) is 0. The van der Waals surface area contributed by atoms with Gasteiger partial charge in [-0.05, 0) is 97.1 Å². The Kier molecular flexibility index (Phi) is 14.3. The van der Waals surface area contributed by atoms with Crippen LogP contribution in [0.5, 0.6) is 0 Å². The minimum atomic E-state index is 0. The Labute approximate surface area is 404 Å². The fraction of sp³-hybridized carbons (Fsp3) is 0. The molecule has 15 heteroatoms. The van der Waals surface area contributed by atoms with Gasteiger partial charge in [-0.15, -0.1) is 0 Å². The van der Waals surface area contributed by atoms with E-state index in [0.29, 0.717) is 130 Å². The van der Waals surface area contributed by atoms with Crippen LogP contribution in [-0.4, -0.2) is 19.9 Å². The Balaban J connectivity index is 0.00000195. The van der Waals surface area contributed by atoms with Crippen molar-refractivity contribution in [2.75, 3.05) is 0 Å². The Morgan fingerprint density at radius 1 is 0.288 bits per heavy atom. The van der Waals surface area contributed by atoms with Gasteiger partial charge in [0.25, 0.3) is 0 Å². The van der Waals surface area contributed by atoms with Gasteiger partial charge in [0.15, 0.2) is 0 Å². The smallest absolute Gasteiger partial charge is 1.00 e. The predicted octanol–water partition coefficient (Wildman–Crippen LogP) is 10.6. The molecule has 5 heterocycles. The number of hydrogen-bond acceptors (Lipinski definition) is 2. The topological polar surface area (TPSA) is 57.4 Å². The van der Waals surface area contributed by atoms with Crippen LogP contribution in [0.3, 0.4) is 0 Å². The van der Waals surface area contributed by atoms with Gasteiger partial charge in [-0.3, -0.25) is 0 Å². The number of aromatic amines is 2. The van der Waals surface area contributed by atoms with Crippen molar-refractivity contribution in [2.24, 2.45) is 0 Å². The molecule has 0 spiro atoms. The van der Waals surface area contributed by atoms with Gasteiger partial charge in [-0.2, -0.15) is 0 Å². The SMILES string of the molecule is Clc1cccc(Cl)c1-c1c2nc(c(-c3c(Cl)cccc3Cl)c3ccc([nH]3)c(-c3c(Cl)cccc3Cl)c3nc(c(-c4c(Cl)cccc4Cl)c4ccc1[nH]4)C=C3)C=C2.[Cl-].[Cl-].[Ru+2]. The zero-order valence-corrected chi connectivity index (χ0v) is 38.9. The van der Waals surface area contributed by atoms with Crippen molar-refractivity contribution in [3.63, 3.8) is 0 Å². The number of H-pyrrole nitrogens is 2. The Bertz CT molecular complexity index is 2570. The first kappa shape index (κ1) is 45.5. The van der Waals surface area contributed by atoms with Gasteiger partial charge < -0.3 is 34.8 Å². The van der Waals surface area contributed by atoms with Crippen molar-refractivity contribution in [3.8, 4) is 44.5 Å². The van der Waals surface area contributed by atoms with Crippen LogP contribution in [-0.2, 0) is 19.5 Å². The van der Waals surface area contributed by atoms with E-state index in [-0.39, 0.29) is 44.3 Å². The first-order chi connectivity index (χ1) is 27.1. The van der Waals surface area contributed by atoms with Crippen molar-refractivity contribution >= 4 is 139 Å². The van der Waals surface area contributed by atoms with Crippen molar-refractivity contribution in [2.45, 2.75) is 0 Å². The predicted molar refractivity (Wildman–Crippen MR) is 241 cm³/mol. The normalized spacial score (nSPS) is 11.5. The van der Waals surface area contributed by atoms with Crippen LogP contribution in [0.2, 0.25) is 40.2 Å². The van der Waals surface area contributed by atoms with E-state index < -0.39 is 0 Å². The molecule has 0 saturated carbocycles. The van der Waals surface area contributed by atoms with E-state index in [1.165, 1.54) is 0 Å². The molecule has 2 aliphatic rings. The molecule has 7 aromatic rings. The molecule has 0 saturated heterocycles. The number of hydrogen-bond donors (Lipinski definition) is 2. The van der Waals surface area contributed by atoms with Gasteiger partial charge in [0.05, 0.1) is 63.0 Å². The van der Waals surface area contributed by atoms with Crippen molar-refractivity contribution < 1.29 is 44.3 Å². The minimum absolute atomic E-state index is 0. The molecule has 4 aromatic carbocycles. The summed E-state index contributed by atoms with van der Waals surface area (Å²) in [7, 11) is 0. The van der Waals surface area contributed by atoms with Gasteiger partial charge in [-0.1, -0.05) is 117 Å². The fourth-order valence-corrected chi connectivity index (χ4v) is 9.55. The van der Waals surface area contributed by atoms with Crippen LogP contribution in [0, 0.1) is 0 Å². The second-order valence-electron chi connectivity index (χ2n) is 12.9. The first-order valence-electron chi connectivity index (χ1n) is 17.0.